The zero-order valence-electron chi connectivity index (χ0n) is 12.6. The maximum absolute atomic E-state index is 12.0. The molecular formula is C15H20N4O2. The number of carbonyl (C=O) groups excluding carboxylic acids is 1. The molecular weight excluding hydrogens is 268 g/mol. The molecule has 0 spiro atoms. The van der Waals surface area contributed by atoms with Gasteiger partial charge in [0.1, 0.15) is 11.4 Å². The number of aromatic nitrogens is 1. The average Bonchev–Trinajstić information content (AvgIpc) is 2.85. The third-order valence-corrected chi connectivity index (χ3v) is 3.08. The molecule has 2 heterocycles. The zero-order valence-corrected chi connectivity index (χ0v) is 12.6. The zero-order chi connectivity index (χ0) is 15.5. The topological polar surface area (TPSA) is 78.2 Å². The summed E-state index contributed by atoms with van der Waals surface area (Å²) in [6.07, 6.45) is 2.14. The fourth-order valence-corrected chi connectivity index (χ4v) is 2.16. The summed E-state index contributed by atoms with van der Waals surface area (Å²) in [4.78, 5) is 17.9. The maximum Gasteiger partial charge on any atom is 0.410 e. The molecule has 1 atom stereocenters. The maximum atomic E-state index is 12.0. The normalized spacial score (nSPS) is 18.2. The minimum Gasteiger partial charge on any atom is -0.444 e. The molecule has 1 fully saturated rings. The van der Waals surface area contributed by atoms with Crippen LogP contribution in [0.25, 0.3) is 0 Å². The number of likely N-dealkylation sites (tertiary alicyclic amines) is 1. The largest absolute Gasteiger partial charge is 0.444 e. The number of nitrogens with one attached hydrogen (secondary N) is 1. The number of ether oxygens (including phenoxy) is 1. The third kappa shape index (κ3) is 4.35. The van der Waals surface area contributed by atoms with E-state index in [-0.39, 0.29) is 12.1 Å². The Bertz CT molecular complexity index is 560. The standard InChI is InChI=1S/C15H20N4O2/c1-15(2,3)21-14(20)19-7-5-12(10-19)18-13-8-11(9-16)4-6-17-13/h4,6,8,12H,5,7,10H2,1-3H3,(H,17,18)/t12-/m0/s1. The predicted octanol–water partition coefficient (Wildman–Crippen LogP) is 2.37. The molecule has 6 heteroatoms. The van der Waals surface area contributed by atoms with Crippen LogP contribution >= 0.6 is 0 Å². The smallest absolute Gasteiger partial charge is 0.410 e. The van der Waals surface area contributed by atoms with Gasteiger partial charge >= 0.3 is 6.09 Å². The number of amides is 1. The highest BCUT2D eigenvalue weighted by Gasteiger charge is 2.29. The summed E-state index contributed by atoms with van der Waals surface area (Å²) in [6, 6.07) is 5.57. The van der Waals surface area contributed by atoms with Crippen molar-refractivity contribution in [2.45, 2.75) is 38.8 Å². The van der Waals surface area contributed by atoms with Crippen LogP contribution < -0.4 is 5.32 Å². The average molecular weight is 288 g/mol. The van der Waals surface area contributed by atoms with Gasteiger partial charge in [-0.05, 0) is 39.3 Å². The van der Waals surface area contributed by atoms with E-state index in [0.717, 1.165) is 6.42 Å². The van der Waals surface area contributed by atoms with Gasteiger partial charge < -0.3 is 15.0 Å². The van der Waals surface area contributed by atoms with E-state index in [0.29, 0.717) is 24.5 Å². The summed E-state index contributed by atoms with van der Waals surface area (Å²) in [6.45, 7) is 6.80. The molecule has 1 aromatic rings. The van der Waals surface area contributed by atoms with Crippen molar-refractivity contribution in [2.75, 3.05) is 18.4 Å². The van der Waals surface area contributed by atoms with Gasteiger partial charge in [0.05, 0.1) is 11.6 Å². The van der Waals surface area contributed by atoms with E-state index in [1.54, 1.807) is 23.2 Å². The Morgan fingerprint density at radius 3 is 3.00 bits per heavy atom. The lowest BCUT2D eigenvalue weighted by Gasteiger charge is -2.24. The van der Waals surface area contributed by atoms with Crippen LogP contribution in [0.3, 0.4) is 0 Å². The molecule has 21 heavy (non-hydrogen) atoms. The van der Waals surface area contributed by atoms with Crippen molar-refractivity contribution in [3.05, 3.63) is 23.9 Å². The molecule has 0 saturated carbocycles. The lowest BCUT2D eigenvalue weighted by Crippen LogP contribution is -2.36. The van der Waals surface area contributed by atoms with Crippen LogP contribution in [0.15, 0.2) is 18.3 Å². The highest BCUT2D eigenvalue weighted by Crippen LogP contribution is 2.18. The van der Waals surface area contributed by atoms with Crippen LogP contribution in [-0.2, 0) is 4.74 Å². The van der Waals surface area contributed by atoms with Crippen LogP contribution in [0.4, 0.5) is 10.6 Å². The monoisotopic (exact) mass is 288 g/mol. The van der Waals surface area contributed by atoms with Gasteiger partial charge in [0.2, 0.25) is 0 Å². The Morgan fingerprint density at radius 1 is 1.57 bits per heavy atom. The molecule has 1 saturated heterocycles. The Morgan fingerprint density at radius 2 is 2.33 bits per heavy atom. The van der Waals surface area contributed by atoms with Gasteiger partial charge in [-0.25, -0.2) is 9.78 Å². The minimum atomic E-state index is -0.481. The van der Waals surface area contributed by atoms with Crippen molar-refractivity contribution >= 4 is 11.9 Å². The van der Waals surface area contributed by atoms with Gasteiger partial charge in [0.25, 0.3) is 0 Å². The molecule has 1 aliphatic heterocycles. The summed E-state index contributed by atoms with van der Waals surface area (Å²) in [5.41, 5.74) is 0.0835. The number of carbonyl (C=O) groups is 1. The summed E-state index contributed by atoms with van der Waals surface area (Å²) in [5.74, 6) is 0.657. The first-order valence-electron chi connectivity index (χ1n) is 6.98. The Hall–Kier alpha value is -2.29. The number of nitrogens with zero attached hydrogens (tertiary/aromatic N) is 3. The summed E-state index contributed by atoms with van der Waals surface area (Å²) in [7, 11) is 0. The van der Waals surface area contributed by atoms with Crippen LogP contribution in [0.2, 0.25) is 0 Å². The van der Waals surface area contributed by atoms with E-state index in [1.807, 2.05) is 20.8 Å². The van der Waals surface area contributed by atoms with Crippen LogP contribution in [0.1, 0.15) is 32.8 Å². The molecule has 1 aliphatic rings. The number of pyridine rings is 1. The Labute approximate surface area is 124 Å². The van der Waals surface area contributed by atoms with Crippen LogP contribution in [-0.4, -0.2) is 40.7 Å². The second kappa shape index (κ2) is 6.00. The van der Waals surface area contributed by atoms with Gasteiger partial charge in [0, 0.05) is 25.3 Å². The molecule has 0 unspecified atom stereocenters. The van der Waals surface area contributed by atoms with E-state index in [2.05, 4.69) is 16.4 Å². The first-order valence-corrected chi connectivity index (χ1v) is 6.98. The third-order valence-electron chi connectivity index (χ3n) is 3.08. The number of hydrogen-bond donors (Lipinski definition) is 1. The summed E-state index contributed by atoms with van der Waals surface area (Å²) in [5, 5.41) is 12.1. The second-order valence-electron chi connectivity index (χ2n) is 6.10. The molecule has 0 aromatic carbocycles. The molecule has 1 amide bonds. The van der Waals surface area contributed by atoms with Crippen LogP contribution in [0.5, 0.6) is 0 Å². The summed E-state index contributed by atoms with van der Waals surface area (Å²) < 4.78 is 5.36. The highest BCUT2D eigenvalue weighted by molar-refractivity contribution is 5.68. The van der Waals surface area contributed by atoms with Crippen molar-refractivity contribution in [2.24, 2.45) is 0 Å². The van der Waals surface area contributed by atoms with Crippen molar-refractivity contribution in [1.82, 2.24) is 9.88 Å². The van der Waals surface area contributed by atoms with Gasteiger partial charge in [0.15, 0.2) is 0 Å². The molecule has 0 aliphatic carbocycles. The van der Waals surface area contributed by atoms with Crippen molar-refractivity contribution in [3.63, 3.8) is 0 Å². The van der Waals surface area contributed by atoms with E-state index >= 15 is 0 Å². The van der Waals surface area contributed by atoms with Crippen LogP contribution in [0, 0.1) is 11.3 Å². The van der Waals surface area contributed by atoms with Crippen molar-refractivity contribution in [3.8, 4) is 6.07 Å². The van der Waals surface area contributed by atoms with Crippen molar-refractivity contribution in [1.29, 1.82) is 5.26 Å². The molecule has 112 valence electrons. The SMILES string of the molecule is CC(C)(C)OC(=O)N1CC[C@H](Nc2cc(C#N)ccn2)C1. The van der Waals surface area contributed by atoms with Gasteiger partial charge in [-0.2, -0.15) is 5.26 Å². The van der Waals surface area contributed by atoms with Gasteiger partial charge in [-0.1, -0.05) is 0 Å². The Balaban J connectivity index is 1.91. The second-order valence-corrected chi connectivity index (χ2v) is 6.10. The van der Waals surface area contributed by atoms with Gasteiger partial charge in [-0.3, -0.25) is 0 Å². The van der Waals surface area contributed by atoms with E-state index in [4.69, 9.17) is 10.00 Å². The number of nitriles is 1. The molecule has 6 nitrogen and oxygen atoms in total. The number of anilines is 1. The number of hydrogen-bond acceptors (Lipinski definition) is 5. The number of rotatable bonds is 2. The van der Waals surface area contributed by atoms with E-state index in [1.165, 1.54) is 0 Å². The summed E-state index contributed by atoms with van der Waals surface area (Å²) >= 11 is 0. The lowest BCUT2D eigenvalue weighted by molar-refractivity contribution is 0.0293. The first-order chi connectivity index (χ1) is 9.87. The molecule has 1 aromatic heterocycles. The highest BCUT2D eigenvalue weighted by atomic mass is 16.6. The molecule has 1 N–H and O–H groups in total. The lowest BCUT2D eigenvalue weighted by atomic mass is 10.2. The molecule has 0 bridgehead atoms. The minimum absolute atomic E-state index is 0.124. The first kappa shape index (κ1) is 15.1. The predicted molar refractivity (Wildman–Crippen MR) is 78.8 cm³/mol. The quantitative estimate of drug-likeness (QED) is 0.904. The van der Waals surface area contributed by atoms with Crippen molar-refractivity contribution < 1.29 is 9.53 Å². The molecule has 0 radical (unpaired) electrons. The van der Waals surface area contributed by atoms with E-state index in [9.17, 15) is 4.79 Å². The Kier molecular flexibility index (Phi) is 4.32. The fraction of sp³-hybridized carbons (Fsp3) is 0.533. The molecule has 2 rings (SSSR count). The van der Waals surface area contributed by atoms with Gasteiger partial charge in [-0.15, -0.1) is 0 Å². The van der Waals surface area contributed by atoms with E-state index < -0.39 is 5.60 Å². The fourth-order valence-electron chi connectivity index (χ4n) is 2.16.